The van der Waals surface area contributed by atoms with Crippen LogP contribution in [0.15, 0.2) is 30.3 Å². The van der Waals surface area contributed by atoms with Crippen LogP contribution < -0.4 is 0 Å². The monoisotopic (exact) mass is 533 g/mol. The summed E-state index contributed by atoms with van der Waals surface area (Å²) in [6, 6.07) is 9.86. The average Bonchev–Trinajstić information content (AvgIpc) is 3.40. The van der Waals surface area contributed by atoms with E-state index in [1.54, 1.807) is 0 Å². The quantitative estimate of drug-likeness (QED) is 0.369. The Bertz CT molecular complexity index is 953. The second-order valence-corrected chi connectivity index (χ2v) is 13.4. The van der Waals surface area contributed by atoms with Crippen LogP contribution in [0.2, 0.25) is 0 Å². The highest BCUT2D eigenvalue weighted by molar-refractivity contribution is 7.89. The fourth-order valence-corrected chi connectivity index (χ4v) is 7.33. The summed E-state index contributed by atoms with van der Waals surface area (Å²) in [4.78, 5) is 30.4. The molecule has 8 heteroatoms. The fraction of sp³-hybridized carbons (Fsp3) is 0.724. The molecule has 0 N–H and O–H groups in total. The number of nitrogens with zero attached hydrogens (tertiary/aromatic N) is 3. The molecule has 3 rings (SSSR count). The van der Waals surface area contributed by atoms with E-state index in [4.69, 9.17) is 0 Å². The van der Waals surface area contributed by atoms with Gasteiger partial charge in [-0.25, -0.2) is 8.42 Å². The van der Waals surface area contributed by atoms with E-state index in [1.807, 2.05) is 60.9 Å². The van der Waals surface area contributed by atoms with Crippen LogP contribution in [0.25, 0.3) is 0 Å². The molecule has 2 aliphatic rings. The molecule has 1 aliphatic heterocycles. The van der Waals surface area contributed by atoms with Gasteiger partial charge < -0.3 is 9.80 Å². The van der Waals surface area contributed by atoms with Crippen molar-refractivity contribution in [3.63, 3.8) is 0 Å². The molecule has 0 bridgehead atoms. The van der Waals surface area contributed by atoms with Crippen molar-refractivity contribution in [2.45, 2.75) is 91.1 Å². The Hall–Kier alpha value is -1.93. The molecule has 0 aromatic heterocycles. The van der Waals surface area contributed by atoms with Crippen LogP contribution in [-0.4, -0.2) is 72.3 Å². The molecule has 0 unspecified atom stereocenters. The maximum absolute atomic E-state index is 13.7. The average molecular weight is 534 g/mol. The van der Waals surface area contributed by atoms with Crippen LogP contribution in [0.4, 0.5) is 0 Å². The summed E-state index contributed by atoms with van der Waals surface area (Å²) < 4.78 is 27.3. The Morgan fingerprint density at radius 3 is 2.27 bits per heavy atom. The lowest BCUT2D eigenvalue weighted by Gasteiger charge is -2.39. The largest absolute Gasteiger partial charge is 0.343 e. The second kappa shape index (κ2) is 14.3. The molecular weight excluding hydrogens is 486 g/mol. The minimum atomic E-state index is -3.50. The van der Waals surface area contributed by atoms with E-state index in [2.05, 4.69) is 0 Å². The summed E-state index contributed by atoms with van der Waals surface area (Å²) in [5.74, 6) is 0.960. The number of hydrogen-bond acceptors (Lipinski definition) is 4. The number of amides is 2. The van der Waals surface area contributed by atoms with Gasteiger partial charge in [-0.05, 0) is 43.1 Å². The van der Waals surface area contributed by atoms with Gasteiger partial charge in [0.2, 0.25) is 21.8 Å². The SMILES string of the molecule is CCCS(=O)(=O)N(CC(=O)N(Cc1ccccc1)C1CCN(C(=O)CCC2CCCC2)CC1)CC(C)C. The molecule has 0 radical (unpaired) electrons. The lowest BCUT2D eigenvalue weighted by molar-refractivity contribution is -0.137. The standard InChI is InChI=1S/C29H47N3O4S/c1-4-20-37(35,36)31(21-24(2)3)23-29(34)32(22-26-12-6-5-7-13-26)27-16-18-30(19-17-27)28(33)15-14-25-10-8-9-11-25/h5-7,12-13,24-25,27H,4,8-11,14-23H2,1-3H3. The molecule has 208 valence electrons. The van der Waals surface area contributed by atoms with Crippen molar-refractivity contribution in [1.82, 2.24) is 14.1 Å². The third-order valence-electron chi connectivity index (χ3n) is 7.75. The molecule has 7 nitrogen and oxygen atoms in total. The Morgan fingerprint density at radius 2 is 1.68 bits per heavy atom. The van der Waals surface area contributed by atoms with E-state index in [0.717, 1.165) is 24.8 Å². The van der Waals surface area contributed by atoms with Gasteiger partial charge in [0.1, 0.15) is 0 Å². The van der Waals surface area contributed by atoms with Crippen LogP contribution in [0.1, 0.15) is 84.1 Å². The first-order valence-corrected chi connectivity index (χ1v) is 15.9. The molecule has 1 saturated carbocycles. The molecule has 1 aliphatic carbocycles. The number of piperidine rings is 1. The summed E-state index contributed by atoms with van der Waals surface area (Å²) in [7, 11) is -3.50. The van der Waals surface area contributed by atoms with Crippen LogP contribution in [0, 0.1) is 11.8 Å². The molecule has 1 aromatic carbocycles. The predicted molar refractivity (Wildman–Crippen MR) is 148 cm³/mol. The van der Waals surface area contributed by atoms with E-state index in [9.17, 15) is 18.0 Å². The first-order valence-electron chi connectivity index (χ1n) is 14.3. The summed E-state index contributed by atoms with van der Waals surface area (Å²) in [6.07, 6.45) is 8.69. The van der Waals surface area contributed by atoms with E-state index in [0.29, 0.717) is 44.9 Å². The van der Waals surface area contributed by atoms with Gasteiger partial charge in [-0.1, -0.05) is 76.8 Å². The normalized spacial score (nSPS) is 17.6. The minimum Gasteiger partial charge on any atom is -0.343 e. The first kappa shape index (κ1) is 29.6. The van der Waals surface area contributed by atoms with Crippen molar-refractivity contribution in [1.29, 1.82) is 0 Å². The number of carbonyl (C=O) groups excluding carboxylic acids is 2. The van der Waals surface area contributed by atoms with Crippen LogP contribution >= 0.6 is 0 Å². The van der Waals surface area contributed by atoms with Crippen LogP contribution in [-0.2, 0) is 26.2 Å². The zero-order chi connectivity index (χ0) is 26.8. The van der Waals surface area contributed by atoms with Gasteiger partial charge in [0.05, 0.1) is 12.3 Å². The van der Waals surface area contributed by atoms with Crippen molar-refractivity contribution in [3.05, 3.63) is 35.9 Å². The maximum atomic E-state index is 13.7. The van der Waals surface area contributed by atoms with Crippen molar-refractivity contribution >= 4 is 21.8 Å². The lowest BCUT2D eigenvalue weighted by atomic mass is 9.99. The zero-order valence-corrected chi connectivity index (χ0v) is 23.9. The Labute approximate surface area is 224 Å². The van der Waals surface area contributed by atoms with Crippen LogP contribution in [0.5, 0.6) is 0 Å². The highest BCUT2D eigenvalue weighted by Gasteiger charge is 2.33. The Morgan fingerprint density at radius 1 is 1.03 bits per heavy atom. The highest BCUT2D eigenvalue weighted by atomic mass is 32.2. The molecule has 2 fully saturated rings. The van der Waals surface area contributed by atoms with Gasteiger partial charge in [-0.15, -0.1) is 0 Å². The van der Waals surface area contributed by atoms with Crippen molar-refractivity contribution in [3.8, 4) is 0 Å². The highest BCUT2D eigenvalue weighted by Crippen LogP contribution is 2.29. The van der Waals surface area contributed by atoms with Gasteiger partial charge in [-0.2, -0.15) is 4.31 Å². The van der Waals surface area contributed by atoms with Crippen molar-refractivity contribution in [2.24, 2.45) is 11.8 Å². The van der Waals surface area contributed by atoms with Gasteiger partial charge >= 0.3 is 0 Å². The number of hydrogen-bond donors (Lipinski definition) is 0. The first-order chi connectivity index (χ1) is 17.7. The third kappa shape index (κ3) is 9.10. The number of carbonyl (C=O) groups is 2. The third-order valence-corrected chi connectivity index (χ3v) is 9.74. The van der Waals surface area contributed by atoms with E-state index >= 15 is 0 Å². The number of benzene rings is 1. The van der Waals surface area contributed by atoms with E-state index in [1.165, 1.54) is 30.0 Å². The Balaban J connectivity index is 1.67. The predicted octanol–water partition coefficient (Wildman–Crippen LogP) is 4.67. The summed E-state index contributed by atoms with van der Waals surface area (Å²) in [5, 5.41) is 0. The smallest absolute Gasteiger partial charge is 0.238 e. The summed E-state index contributed by atoms with van der Waals surface area (Å²) in [6.45, 7) is 7.74. The van der Waals surface area contributed by atoms with Gasteiger partial charge in [0.15, 0.2) is 0 Å². The lowest BCUT2D eigenvalue weighted by Crippen LogP contribution is -2.51. The molecular formula is C29H47N3O4S. The summed E-state index contributed by atoms with van der Waals surface area (Å²) >= 11 is 0. The summed E-state index contributed by atoms with van der Waals surface area (Å²) in [5.41, 5.74) is 1.03. The molecule has 1 aromatic rings. The molecule has 2 amide bonds. The van der Waals surface area contributed by atoms with Crippen molar-refractivity contribution < 1.29 is 18.0 Å². The van der Waals surface area contributed by atoms with Crippen LogP contribution in [0.3, 0.4) is 0 Å². The Kier molecular flexibility index (Phi) is 11.4. The second-order valence-electron chi connectivity index (χ2n) is 11.3. The fourth-order valence-electron chi connectivity index (χ4n) is 5.73. The van der Waals surface area contributed by atoms with Gasteiger partial charge in [0, 0.05) is 38.6 Å². The van der Waals surface area contributed by atoms with Gasteiger partial charge in [0.25, 0.3) is 0 Å². The van der Waals surface area contributed by atoms with E-state index in [-0.39, 0.29) is 36.1 Å². The minimum absolute atomic E-state index is 0.0126. The maximum Gasteiger partial charge on any atom is 0.238 e. The molecule has 0 atom stereocenters. The molecule has 1 heterocycles. The topological polar surface area (TPSA) is 78.0 Å². The molecule has 37 heavy (non-hydrogen) atoms. The number of likely N-dealkylation sites (tertiary alicyclic amines) is 1. The van der Waals surface area contributed by atoms with Gasteiger partial charge in [-0.3, -0.25) is 9.59 Å². The molecule has 1 saturated heterocycles. The van der Waals surface area contributed by atoms with Crippen molar-refractivity contribution in [2.75, 3.05) is 31.9 Å². The number of sulfonamides is 1. The number of rotatable bonds is 13. The zero-order valence-electron chi connectivity index (χ0n) is 23.1. The molecule has 0 spiro atoms. The van der Waals surface area contributed by atoms with E-state index < -0.39 is 10.0 Å².